The molecule has 0 amide bonds. The lowest BCUT2D eigenvalue weighted by molar-refractivity contribution is 0.0649. The normalized spacial score (nSPS) is 27.4. The van der Waals surface area contributed by atoms with Gasteiger partial charge in [-0.05, 0) is 62.1 Å². The van der Waals surface area contributed by atoms with E-state index in [1.165, 1.54) is 31.7 Å². The zero-order chi connectivity index (χ0) is 22.2. The molecule has 1 aromatic carbocycles. The van der Waals surface area contributed by atoms with Gasteiger partial charge in [0.15, 0.2) is 23.5 Å². The van der Waals surface area contributed by atoms with Crippen LogP contribution in [-0.4, -0.2) is 30.8 Å². The summed E-state index contributed by atoms with van der Waals surface area (Å²) in [4.78, 5) is 23.9. The third-order valence-corrected chi connectivity index (χ3v) is 6.00. The molecule has 0 aromatic heterocycles. The maximum Gasteiger partial charge on any atom is 0.516 e. The van der Waals surface area contributed by atoms with E-state index in [1.54, 1.807) is 12.1 Å². The summed E-state index contributed by atoms with van der Waals surface area (Å²) in [6, 6.07) is 4.60. The Balaban J connectivity index is 1.46. The van der Waals surface area contributed by atoms with Crippen LogP contribution in [0.2, 0.25) is 0 Å². The van der Waals surface area contributed by atoms with E-state index in [0.717, 1.165) is 24.1 Å². The van der Waals surface area contributed by atoms with Crippen LogP contribution in [0.15, 0.2) is 65.4 Å². The van der Waals surface area contributed by atoms with E-state index >= 15 is 0 Å². The SMILES string of the molecule is C/C=C1\[C@@H]2C=CCC1(N)C1=C(C2)NC(OC(=O)Oc2ccc(C(C)=O)cc2OC)C=C1. The van der Waals surface area contributed by atoms with E-state index in [1.807, 2.05) is 13.0 Å². The van der Waals surface area contributed by atoms with Crippen molar-refractivity contribution in [2.45, 2.75) is 38.5 Å². The maximum atomic E-state index is 12.4. The molecule has 2 unspecified atom stereocenters. The van der Waals surface area contributed by atoms with Gasteiger partial charge >= 0.3 is 6.16 Å². The molecule has 31 heavy (non-hydrogen) atoms. The highest BCUT2D eigenvalue weighted by molar-refractivity contribution is 5.94. The Morgan fingerprint density at radius 2 is 2.06 bits per heavy atom. The van der Waals surface area contributed by atoms with E-state index in [0.29, 0.717) is 5.56 Å². The number of rotatable bonds is 4. The van der Waals surface area contributed by atoms with Gasteiger partial charge in [0.25, 0.3) is 0 Å². The van der Waals surface area contributed by atoms with Crippen molar-refractivity contribution in [1.82, 2.24) is 5.32 Å². The van der Waals surface area contributed by atoms with Gasteiger partial charge in [-0.15, -0.1) is 0 Å². The van der Waals surface area contributed by atoms with Crippen LogP contribution in [0.1, 0.15) is 37.0 Å². The molecule has 2 bridgehead atoms. The van der Waals surface area contributed by atoms with Crippen molar-refractivity contribution in [1.29, 1.82) is 0 Å². The Morgan fingerprint density at radius 3 is 2.77 bits per heavy atom. The fraction of sp³-hybridized carbons (Fsp3) is 0.333. The minimum absolute atomic E-state index is 0.112. The Hall–Kier alpha value is -3.32. The minimum atomic E-state index is -0.882. The zero-order valence-corrected chi connectivity index (χ0v) is 17.8. The molecule has 1 aromatic rings. The van der Waals surface area contributed by atoms with Crippen molar-refractivity contribution in [3.63, 3.8) is 0 Å². The molecular weight excluding hydrogens is 396 g/mol. The summed E-state index contributed by atoms with van der Waals surface area (Å²) in [5.74, 6) is 0.572. The molecule has 162 valence electrons. The van der Waals surface area contributed by atoms with Crippen LogP contribution >= 0.6 is 0 Å². The number of hydrogen-bond donors (Lipinski definition) is 2. The molecule has 7 heteroatoms. The molecule has 0 saturated carbocycles. The first-order valence-corrected chi connectivity index (χ1v) is 10.2. The van der Waals surface area contributed by atoms with Crippen molar-refractivity contribution in [2.75, 3.05) is 7.11 Å². The second kappa shape index (κ2) is 8.07. The van der Waals surface area contributed by atoms with Crippen molar-refractivity contribution in [3.05, 3.63) is 71.0 Å². The third-order valence-electron chi connectivity index (χ3n) is 6.00. The Morgan fingerprint density at radius 1 is 1.26 bits per heavy atom. The van der Waals surface area contributed by atoms with Crippen molar-refractivity contribution in [3.8, 4) is 11.5 Å². The standard InChI is InChI=1S/C24H26N2O5/c1-4-17-16-6-5-11-24(17,25)18-8-10-22(26-19(18)12-16)31-23(28)30-20-9-7-15(14(2)27)13-21(20)29-3/h4-10,13,16,22,26H,11-12,25H2,1-3H3/b17-4+/t16-,22?,24?/m1/s1. The number of allylic oxidation sites excluding steroid dienone is 3. The molecule has 1 heterocycles. The molecule has 2 aliphatic carbocycles. The quantitative estimate of drug-likeness (QED) is 0.330. The smallest absolute Gasteiger partial charge is 0.493 e. The molecule has 3 N–H and O–H groups in total. The number of nitrogens with one attached hydrogen (secondary N) is 1. The summed E-state index contributed by atoms with van der Waals surface area (Å²) < 4.78 is 16.0. The third kappa shape index (κ3) is 3.77. The lowest BCUT2D eigenvalue weighted by Crippen LogP contribution is -2.52. The van der Waals surface area contributed by atoms with Crippen molar-refractivity contribution in [2.24, 2.45) is 11.7 Å². The lowest BCUT2D eigenvalue weighted by Gasteiger charge is -2.46. The number of benzene rings is 1. The van der Waals surface area contributed by atoms with Gasteiger partial charge in [0.1, 0.15) is 0 Å². The van der Waals surface area contributed by atoms with Gasteiger partial charge in [0, 0.05) is 17.2 Å². The van der Waals surface area contributed by atoms with Gasteiger partial charge in [0.05, 0.1) is 12.6 Å². The van der Waals surface area contributed by atoms with Gasteiger partial charge < -0.3 is 25.3 Å². The molecule has 3 aliphatic rings. The molecule has 7 nitrogen and oxygen atoms in total. The number of dihydropyridines is 1. The number of ether oxygens (including phenoxy) is 3. The van der Waals surface area contributed by atoms with E-state index in [-0.39, 0.29) is 23.2 Å². The monoisotopic (exact) mass is 422 g/mol. The fourth-order valence-electron chi connectivity index (χ4n) is 4.53. The van der Waals surface area contributed by atoms with Gasteiger partial charge in [-0.1, -0.05) is 24.3 Å². The Bertz CT molecular complexity index is 1050. The minimum Gasteiger partial charge on any atom is -0.493 e. The second-order valence-electron chi connectivity index (χ2n) is 7.87. The number of Topliss-reactive ketones (excluding diaryl/α,β-unsaturated/α-hetero) is 1. The first-order valence-electron chi connectivity index (χ1n) is 10.2. The predicted octanol–water partition coefficient (Wildman–Crippen LogP) is 3.78. The molecule has 0 radical (unpaired) electrons. The summed E-state index contributed by atoms with van der Waals surface area (Å²) in [7, 11) is 1.44. The summed E-state index contributed by atoms with van der Waals surface area (Å²) in [6.45, 7) is 3.47. The number of nitrogens with two attached hydrogens (primary N) is 1. The van der Waals surface area contributed by atoms with E-state index in [9.17, 15) is 9.59 Å². The van der Waals surface area contributed by atoms with Gasteiger partial charge in [-0.3, -0.25) is 4.79 Å². The van der Waals surface area contributed by atoms with Crippen LogP contribution in [0.3, 0.4) is 0 Å². The van der Waals surface area contributed by atoms with E-state index in [2.05, 4.69) is 23.5 Å². The van der Waals surface area contributed by atoms with Crippen molar-refractivity contribution < 1.29 is 23.8 Å². The molecule has 3 atom stereocenters. The average molecular weight is 422 g/mol. The molecular formula is C24H26N2O5. The first kappa shape index (κ1) is 20.9. The Kier molecular flexibility index (Phi) is 5.45. The van der Waals surface area contributed by atoms with E-state index in [4.69, 9.17) is 19.9 Å². The van der Waals surface area contributed by atoms with Crippen LogP contribution in [0.4, 0.5) is 4.79 Å². The summed E-state index contributed by atoms with van der Waals surface area (Å²) in [6.07, 6.45) is 10.1. The highest BCUT2D eigenvalue weighted by Gasteiger charge is 2.44. The first-order chi connectivity index (χ1) is 14.9. The maximum absolute atomic E-state index is 12.4. The number of methoxy groups -OCH3 is 1. The highest BCUT2D eigenvalue weighted by Crippen LogP contribution is 2.46. The van der Waals surface area contributed by atoms with Gasteiger partial charge in [-0.2, -0.15) is 0 Å². The largest absolute Gasteiger partial charge is 0.516 e. The number of hydrogen-bond acceptors (Lipinski definition) is 7. The number of carbonyl (C=O) groups is 2. The van der Waals surface area contributed by atoms with Gasteiger partial charge in [0.2, 0.25) is 0 Å². The van der Waals surface area contributed by atoms with Crippen LogP contribution in [0, 0.1) is 5.92 Å². The highest BCUT2D eigenvalue weighted by atomic mass is 16.7. The van der Waals surface area contributed by atoms with Crippen LogP contribution in [0.25, 0.3) is 0 Å². The van der Waals surface area contributed by atoms with Crippen LogP contribution < -0.4 is 20.5 Å². The number of carbonyl (C=O) groups excluding carboxylic acids is 2. The Labute approximate surface area is 181 Å². The van der Waals surface area contributed by atoms with E-state index < -0.39 is 17.9 Å². The summed E-state index contributed by atoms with van der Waals surface area (Å²) in [5.41, 5.74) is 9.93. The number of ketones is 1. The van der Waals surface area contributed by atoms with Crippen LogP contribution in [-0.2, 0) is 4.74 Å². The summed E-state index contributed by atoms with van der Waals surface area (Å²) >= 11 is 0. The molecule has 0 saturated heterocycles. The predicted molar refractivity (Wildman–Crippen MR) is 116 cm³/mol. The van der Waals surface area contributed by atoms with Crippen molar-refractivity contribution >= 4 is 11.9 Å². The molecule has 4 rings (SSSR count). The molecule has 1 aliphatic heterocycles. The summed E-state index contributed by atoms with van der Waals surface area (Å²) in [5, 5.41) is 3.28. The topological polar surface area (TPSA) is 99.9 Å². The lowest BCUT2D eigenvalue weighted by atomic mass is 9.64. The number of fused-ring (bicyclic) bond motifs is 3. The second-order valence-corrected chi connectivity index (χ2v) is 7.87. The molecule has 0 fully saturated rings. The van der Waals surface area contributed by atoms with Gasteiger partial charge in [-0.25, -0.2) is 4.79 Å². The van der Waals surface area contributed by atoms with Crippen LogP contribution in [0.5, 0.6) is 11.5 Å². The zero-order valence-electron chi connectivity index (χ0n) is 17.8. The average Bonchev–Trinajstić information content (AvgIpc) is 2.73. The molecule has 0 spiro atoms. The fourth-order valence-corrected chi connectivity index (χ4v) is 4.53.